The molecule has 12 heavy (non-hydrogen) atoms. The third kappa shape index (κ3) is 11.6. The second-order valence-electron chi connectivity index (χ2n) is 1.70. The van der Waals surface area contributed by atoms with Crippen molar-refractivity contribution < 1.29 is 0 Å². The van der Waals surface area contributed by atoms with E-state index in [0.717, 1.165) is 0 Å². The molecule has 0 spiro atoms. The van der Waals surface area contributed by atoms with Crippen LogP contribution in [0, 0.1) is 0 Å². The van der Waals surface area contributed by atoms with Crippen molar-refractivity contribution in [3.63, 3.8) is 0 Å². The maximum atomic E-state index is 3.92. The molecule has 0 atom stereocenters. The van der Waals surface area contributed by atoms with Crippen molar-refractivity contribution in [1.29, 1.82) is 0 Å². The zero-order valence-corrected chi connectivity index (χ0v) is 9.41. The fourth-order valence-corrected chi connectivity index (χ4v) is 1.33. The van der Waals surface area contributed by atoms with Crippen molar-refractivity contribution in [3.8, 4) is 0 Å². The van der Waals surface area contributed by atoms with Gasteiger partial charge in [0, 0.05) is 0 Å². The van der Waals surface area contributed by atoms with E-state index in [4.69, 9.17) is 0 Å². The molecule has 0 saturated heterocycles. The van der Waals surface area contributed by atoms with Gasteiger partial charge in [-0.05, 0) is 0 Å². The van der Waals surface area contributed by atoms with E-state index in [1.165, 1.54) is 0 Å². The quantitative estimate of drug-likeness (QED) is 0.335. The van der Waals surface area contributed by atoms with Crippen LogP contribution in [0.15, 0.2) is 0 Å². The summed E-state index contributed by atoms with van der Waals surface area (Å²) in [5, 5.41) is 0. The molecular weight excluding hydrogens is 195 g/mol. The van der Waals surface area contributed by atoms with E-state index in [1.807, 2.05) is 46.2 Å². The summed E-state index contributed by atoms with van der Waals surface area (Å²) < 4.78 is 0. The molecule has 0 saturated carbocycles. The third-order valence-electron chi connectivity index (χ3n) is 0.872. The van der Waals surface area contributed by atoms with Gasteiger partial charge in [0.15, 0.2) is 0 Å². The summed E-state index contributed by atoms with van der Waals surface area (Å²) in [6, 6.07) is 0. The fourth-order valence-electron chi connectivity index (χ4n) is 0.439. The topological polar surface area (TPSA) is 0 Å². The van der Waals surface area contributed by atoms with Crippen LogP contribution < -0.4 is 0 Å². The SMILES string of the molecule is CSSB=BB=BB=BB=BS. The van der Waals surface area contributed by atoms with Crippen LogP contribution in [0.3, 0.4) is 0 Å². The van der Waals surface area contributed by atoms with Gasteiger partial charge in [-0.2, -0.15) is 0 Å². The van der Waals surface area contributed by atoms with Gasteiger partial charge in [-0.1, -0.05) is 0 Å². The van der Waals surface area contributed by atoms with Crippen molar-refractivity contribution in [2.45, 2.75) is 0 Å². The van der Waals surface area contributed by atoms with Crippen LogP contribution in [-0.2, 0) is 0 Å². The van der Waals surface area contributed by atoms with E-state index in [-0.39, 0.29) is 0 Å². The van der Waals surface area contributed by atoms with Gasteiger partial charge in [-0.25, -0.2) is 0 Å². The molecule has 0 amide bonds. The van der Waals surface area contributed by atoms with Crippen LogP contribution in [0.5, 0.6) is 0 Å². The Morgan fingerprint density at radius 1 is 0.917 bits per heavy atom. The molecule has 0 aliphatic heterocycles. The van der Waals surface area contributed by atoms with Gasteiger partial charge in [0.05, 0.1) is 0 Å². The third-order valence-corrected chi connectivity index (χ3v) is 2.42. The summed E-state index contributed by atoms with van der Waals surface area (Å²) in [5.41, 5.74) is 0. The Bertz CT molecular complexity index is 194. The van der Waals surface area contributed by atoms with Gasteiger partial charge in [-0.3, -0.25) is 0 Å². The molecule has 0 aliphatic carbocycles. The Balaban J connectivity index is 3.48. The molecule has 0 nitrogen and oxygen atoms in total. The van der Waals surface area contributed by atoms with Crippen molar-refractivity contribution >= 4 is 86.2 Å². The first-order chi connectivity index (χ1) is 5.91. The molecule has 0 aromatic carbocycles. The first kappa shape index (κ1) is 13.6. The van der Waals surface area contributed by atoms with Crippen LogP contribution in [0.4, 0.5) is 0 Å². The Kier molecular flexibility index (Phi) is 14.2. The van der Waals surface area contributed by atoms with E-state index in [9.17, 15) is 0 Å². The molecule has 50 valence electrons. The maximum absolute atomic E-state index is 3.92. The normalized spacial score (nSPS) is 7.83. The predicted molar refractivity (Wildman–Crippen MR) is 76.1 cm³/mol. The minimum absolute atomic E-state index is 1.70. The molecule has 0 aromatic heterocycles. The summed E-state index contributed by atoms with van der Waals surface area (Å²) in [7, 11) is 3.44. The number of hydrogen-bond acceptors (Lipinski definition) is 3. The van der Waals surface area contributed by atoms with E-state index in [2.05, 4.69) is 18.7 Å². The Morgan fingerprint density at radius 2 is 1.50 bits per heavy atom. The summed E-state index contributed by atoms with van der Waals surface area (Å²) in [5.74, 6) is 0. The van der Waals surface area contributed by atoms with Gasteiger partial charge < -0.3 is 0 Å². The van der Waals surface area contributed by atoms with E-state index >= 15 is 0 Å². The Labute approximate surface area is 92.2 Å². The average molecular weight is 199 g/mol. The fraction of sp³-hybridized carbons (Fsp3) is 1.00. The average Bonchev–Trinajstić information content (AvgIpc) is 2.10. The predicted octanol–water partition coefficient (Wildman–Crippen LogP) is -1.20. The summed E-state index contributed by atoms with van der Waals surface area (Å²) in [6.07, 6.45) is 5.79. The van der Waals surface area contributed by atoms with Gasteiger partial charge in [0.2, 0.25) is 0 Å². The number of hydrogen-bond donors (Lipinski definition) is 1. The van der Waals surface area contributed by atoms with Gasteiger partial charge >= 0.3 is 92.5 Å². The first-order valence-corrected chi connectivity index (χ1v) is 6.54. The second-order valence-corrected chi connectivity index (χ2v) is 4.38. The molecular formula is CH4B8S3. The van der Waals surface area contributed by atoms with E-state index in [0.29, 0.717) is 0 Å². The molecule has 11 heteroatoms. The molecule has 0 fully saturated rings. The molecule has 0 N–H and O–H groups in total. The molecule has 0 radical (unpaired) electrons. The molecule has 0 aliphatic rings. The summed E-state index contributed by atoms with van der Waals surface area (Å²) >= 11 is 3.92. The van der Waals surface area contributed by atoms with Gasteiger partial charge in [0.25, 0.3) is 0 Å². The summed E-state index contributed by atoms with van der Waals surface area (Å²) in [6.45, 7) is 11.7. The second kappa shape index (κ2) is 12.6. The van der Waals surface area contributed by atoms with Crippen molar-refractivity contribution in [2.24, 2.45) is 0 Å². The summed E-state index contributed by atoms with van der Waals surface area (Å²) in [4.78, 5) is 0. The molecule has 0 aromatic rings. The van der Waals surface area contributed by atoms with E-state index in [1.54, 1.807) is 27.5 Å². The van der Waals surface area contributed by atoms with Gasteiger partial charge in [0.1, 0.15) is 0 Å². The van der Waals surface area contributed by atoms with E-state index < -0.39 is 0 Å². The van der Waals surface area contributed by atoms with Crippen LogP contribution in [0.1, 0.15) is 0 Å². The van der Waals surface area contributed by atoms with Crippen molar-refractivity contribution in [3.05, 3.63) is 0 Å². The minimum atomic E-state index is 1.70. The van der Waals surface area contributed by atoms with Crippen LogP contribution in [-0.4, -0.2) is 58.6 Å². The zero-order chi connectivity index (χ0) is 9.07. The van der Waals surface area contributed by atoms with Crippen LogP contribution >= 0.6 is 33.9 Å². The van der Waals surface area contributed by atoms with Crippen molar-refractivity contribution in [2.75, 3.05) is 6.26 Å². The molecule has 0 rings (SSSR count). The van der Waals surface area contributed by atoms with Gasteiger partial charge in [-0.15, -0.1) is 0 Å². The van der Waals surface area contributed by atoms with Crippen LogP contribution in [0.25, 0.3) is 0 Å². The standard InChI is InChI=1S/CH4B8S3/c1-11-12-9-7-5-3-2-4-6-8-10/h10H,1H3. The Morgan fingerprint density at radius 3 is 2.08 bits per heavy atom. The monoisotopic (exact) mass is 200 g/mol. The zero-order valence-electron chi connectivity index (χ0n) is 6.88. The molecule has 0 bridgehead atoms. The van der Waals surface area contributed by atoms with Crippen molar-refractivity contribution in [1.82, 2.24) is 0 Å². The molecule has 0 heterocycles. The Hall–Kier alpha value is 1.57. The first-order valence-electron chi connectivity index (χ1n) is 3.40. The van der Waals surface area contributed by atoms with Crippen LogP contribution in [0.2, 0.25) is 0 Å². The number of rotatable bonds is 5. The molecule has 0 unspecified atom stereocenters. The number of thiol groups is 1.